The molecule has 4 unspecified atom stereocenters. The first-order chi connectivity index (χ1) is 5.36. The van der Waals surface area contributed by atoms with Crippen molar-refractivity contribution in [3.05, 3.63) is 0 Å². The first-order valence-corrected chi connectivity index (χ1v) is 4.65. The second-order valence-corrected chi connectivity index (χ2v) is 4.13. The molecule has 3 rings (SSSR count). The van der Waals surface area contributed by atoms with Crippen LogP contribution >= 0.6 is 0 Å². The molecule has 3 saturated heterocycles. The maximum Gasteiger partial charge on any atom is 0.150 e. The lowest BCUT2D eigenvalue weighted by Gasteiger charge is -2.30. The van der Waals surface area contributed by atoms with E-state index in [1.165, 1.54) is 19.4 Å². The van der Waals surface area contributed by atoms with E-state index in [-0.39, 0.29) is 0 Å². The Bertz CT molecular complexity index is 214. The van der Waals surface area contributed by atoms with Crippen LogP contribution in [0.15, 0.2) is 0 Å². The van der Waals surface area contributed by atoms with Crippen molar-refractivity contribution in [2.45, 2.75) is 37.8 Å². The van der Waals surface area contributed by atoms with Crippen LogP contribution in [0.1, 0.15) is 25.7 Å². The molecule has 0 radical (unpaired) electrons. The fourth-order valence-electron chi connectivity index (χ4n) is 3.21. The van der Waals surface area contributed by atoms with Crippen molar-refractivity contribution in [3.63, 3.8) is 0 Å². The molecule has 2 nitrogen and oxygen atoms in total. The Morgan fingerprint density at radius 1 is 1.36 bits per heavy atom. The third-order valence-electron chi connectivity index (χ3n) is 3.66. The van der Waals surface area contributed by atoms with Gasteiger partial charge in [-0.05, 0) is 31.7 Å². The van der Waals surface area contributed by atoms with E-state index in [0.29, 0.717) is 11.8 Å². The zero-order chi connectivity index (χ0) is 7.42. The van der Waals surface area contributed by atoms with Gasteiger partial charge in [-0.1, -0.05) is 0 Å². The van der Waals surface area contributed by atoms with Crippen LogP contribution in [0.3, 0.4) is 0 Å². The summed E-state index contributed by atoms with van der Waals surface area (Å²) in [5.41, 5.74) is 0. The standard InChI is InChI=1S/C9H13NO/c11-8-2-1-7-5-6-3-4-10(7)9(6)8/h6-7,9H,1-5H2. The molecule has 0 saturated carbocycles. The van der Waals surface area contributed by atoms with Gasteiger partial charge in [-0.3, -0.25) is 9.69 Å². The van der Waals surface area contributed by atoms with Crippen molar-refractivity contribution in [3.8, 4) is 0 Å². The average Bonchev–Trinajstić information content (AvgIpc) is 2.52. The number of carbonyl (C=O) groups excluding carboxylic acids is 1. The molecule has 0 amide bonds. The van der Waals surface area contributed by atoms with Gasteiger partial charge in [0, 0.05) is 12.5 Å². The predicted molar refractivity (Wildman–Crippen MR) is 41.2 cm³/mol. The zero-order valence-electron chi connectivity index (χ0n) is 6.62. The lowest BCUT2D eigenvalue weighted by Crippen LogP contribution is -2.42. The van der Waals surface area contributed by atoms with Gasteiger partial charge < -0.3 is 0 Å². The Kier molecular flexibility index (Phi) is 1.05. The van der Waals surface area contributed by atoms with E-state index in [0.717, 1.165) is 24.8 Å². The molecule has 3 aliphatic heterocycles. The Morgan fingerprint density at radius 2 is 2.27 bits per heavy atom. The lowest BCUT2D eigenvalue weighted by atomic mass is 9.97. The molecule has 3 aliphatic rings. The van der Waals surface area contributed by atoms with Gasteiger partial charge in [0.05, 0.1) is 6.04 Å². The number of nitrogens with zero attached hydrogens (tertiary/aromatic N) is 1. The van der Waals surface area contributed by atoms with E-state index in [2.05, 4.69) is 4.90 Å². The Morgan fingerprint density at radius 3 is 3.09 bits per heavy atom. The average molecular weight is 151 g/mol. The van der Waals surface area contributed by atoms with Gasteiger partial charge in [-0.25, -0.2) is 0 Å². The number of rotatable bonds is 0. The monoisotopic (exact) mass is 151 g/mol. The Hall–Kier alpha value is -0.370. The molecule has 11 heavy (non-hydrogen) atoms. The van der Waals surface area contributed by atoms with Gasteiger partial charge in [0.1, 0.15) is 5.78 Å². The van der Waals surface area contributed by atoms with E-state index >= 15 is 0 Å². The molecule has 0 aromatic heterocycles. The van der Waals surface area contributed by atoms with Crippen LogP contribution in [-0.4, -0.2) is 29.3 Å². The highest BCUT2D eigenvalue weighted by Crippen LogP contribution is 2.44. The van der Waals surface area contributed by atoms with Crippen LogP contribution < -0.4 is 0 Å². The molecule has 3 heterocycles. The van der Waals surface area contributed by atoms with Gasteiger partial charge >= 0.3 is 0 Å². The Balaban J connectivity index is 2.00. The van der Waals surface area contributed by atoms with E-state index < -0.39 is 0 Å². The fourth-order valence-corrected chi connectivity index (χ4v) is 3.21. The number of carbonyl (C=O) groups is 1. The number of ketones is 1. The van der Waals surface area contributed by atoms with Gasteiger partial charge in [0.2, 0.25) is 0 Å². The van der Waals surface area contributed by atoms with Gasteiger partial charge in [0.25, 0.3) is 0 Å². The summed E-state index contributed by atoms with van der Waals surface area (Å²) in [6, 6.07) is 1.16. The SMILES string of the molecule is O=C1CCC2CC3CCN2C13. The van der Waals surface area contributed by atoms with Gasteiger partial charge in [-0.15, -0.1) is 0 Å². The van der Waals surface area contributed by atoms with Gasteiger partial charge in [0.15, 0.2) is 0 Å². The van der Waals surface area contributed by atoms with Crippen molar-refractivity contribution in [1.82, 2.24) is 4.90 Å². The number of hydrogen-bond acceptors (Lipinski definition) is 2. The lowest BCUT2D eigenvalue weighted by molar-refractivity contribution is -0.125. The highest BCUT2D eigenvalue weighted by Gasteiger charge is 2.51. The summed E-state index contributed by atoms with van der Waals surface area (Å²) in [6.45, 7) is 1.20. The van der Waals surface area contributed by atoms with Crippen molar-refractivity contribution in [2.24, 2.45) is 5.92 Å². The number of Topliss-reactive ketones (excluding diaryl/α,β-unsaturated/α-hetero) is 1. The fraction of sp³-hybridized carbons (Fsp3) is 0.889. The van der Waals surface area contributed by atoms with Crippen LogP contribution in [-0.2, 0) is 4.79 Å². The van der Waals surface area contributed by atoms with E-state index in [1.54, 1.807) is 0 Å². The molecule has 4 atom stereocenters. The highest BCUT2D eigenvalue weighted by atomic mass is 16.1. The van der Waals surface area contributed by atoms with Crippen LogP contribution in [0.4, 0.5) is 0 Å². The second kappa shape index (κ2) is 1.86. The van der Waals surface area contributed by atoms with Crippen LogP contribution in [0.2, 0.25) is 0 Å². The maximum absolute atomic E-state index is 11.5. The van der Waals surface area contributed by atoms with Crippen LogP contribution in [0, 0.1) is 5.92 Å². The van der Waals surface area contributed by atoms with Crippen LogP contribution in [0.25, 0.3) is 0 Å². The molecule has 60 valence electrons. The van der Waals surface area contributed by atoms with E-state index in [4.69, 9.17) is 0 Å². The first kappa shape index (κ1) is 6.18. The van der Waals surface area contributed by atoms with E-state index in [9.17, 15) is 4.79 Å². The van der Waals surface area contributed by atoms with Crippen molar-refractivity contribution in [1.29, 1.82) is 0 Å². The molecule has 0 aromatic rings. The summed E-state index contributed by atoms with van der Waals surface area (Å²) in [5, 5.41) is 0. The summed E-state index contributed by atoms with van der Waals surface area (Å²) in [7, 11) is 0. The summed E-state index contributed by atoms with van der Waals surface area (Å²) in [5.74, 6) is 1.27. The molecule has 3 fully saturated rings. The third kappa shape index (κ3) is 0.639. The largest absolute Gasteiger partial charge is 0.298 e. The minimum absolute atomic E-state index is 0.369. The van der Waals surface area contributed by atoms with E-state index in [1.807, 2.05) is 0 Å². The molecule has 0 N–H and O–H groups in total. The predicted octanol–water partition coefficient (Wildman–Crippen LogP) is 0.812. The highest BCUT2D eigenvalue weighted by molar-refractivity contribution is 5.86. The third-order valence-corrected chi connectivity index (χ3v) is 3.66. The van der Waals surface area contributed by atoms with Crippen molar-refractivity contribution in [2.75, 3.05) is 6.54 Å². The zero-order valence-corrected chi connectivity index (χ0v) is 6.62. The quantitative estimate of drug-likeness (QED) is 0.510. The first-order valence-electron chi connectivity index (χ1n) is 4.65. The maximum atomic E-state index is 11.5. The van der Waals surface area contributed by atoms with Crippen molar-refractivity contribution < 1.29 is 4.79 Å². The topological polar surface area (TPSA) is 20.3 Å². The number of piperidine rings is 2. The summed E-state index contributed by atoms with van der Waals surface area (Å²) >= 11 is 0. The molecule has 0 aromatic carbocycles. The number of hydrogen-bond donors (Lipinski definition) is 0. The summed E-state index contributed by atoms with van der Waals surface area (Å²) < 4.78 is 0. The minimum atomic E-state index is 0.369. The normalized spacial score (nSPS) is 53.6. The molecule has 0 spiro atoms. The molecule has 0 aliphatic carbocycles. The van der Waals surface area contributed by atoms with Crippen molar-refractivity contribution >= 4 is 5.78 Å². The Labute approximate surface area is 66.6 Å². The summed E-state index contributed by atoms with van der Waals surface area (Å²) in [4.78, 5) is 13.9. The molecule has 2 heteroatoms. The van der Waals surface area contributed by atoms with Gasteiger partial charge in [-0.2, -0.15) is 0 Å². The molecule has 4 bridgehead atoms. The minimum Gasteiger partial charge on any atom is -0.298 e. The smallest absolute Gasteiger partial charge is 0.150 e. The summed E-state index contributed by atoms with van der Waals surface area (Å²) in [6.07, 6.45) is 4.61. The second-order valence-electron chi connectivity index (χ2n) is 4.13. The molecular formula is C9H13NO. The molecular weight excluding hydrogens is 138 g/mol. The van der Waals surface area contributed by atoms with Crippen LogP contribution in [0.5, 0.6) is 0 Å².